The van der Waals surface area contributed by atoms with Gasteiger partial charge in [-0.15, -0.1) is 0 Å². The van der Waals surface area contributed by atoms with E-state index in [4.69, 9.17) is 0 Å². The Bertz CT molecular complexity index is 476. The Hall–Kier alpha value is -1.97. The van der Waals surface area contributed by atoms with Gasteiger partial charge < -0.3 is 4.98 Å². The van der Waals surface area contributed by atoms with E-state index in [-0.39, 0.29) is 11.6 Å². The van der Waals surface area contributed by atoms with Gasteiger partial charge in [-0.3, -0.25) is 4.79 Å². The minimum absolute atomic E-state index is 0.0263. The largest absolute Gasteiger partial charge is 0.348 e. The zero-order valence-corrected chi connectivity index (χ0v) is 8.77. The molecule has 0 amide bonds. The summed E-state index contributed by atoms with van der Waals surface area (Å²) in [6.45, 7) is 1.50. The second-order valence-corrected chi connectivity index (χ2v) is 3.57. The number of carbonyl (C=O) groups excluding carboxylic acids is 1. The molecule has 0 aliphatic rings. The maximum absolute atomic E-state index is 12.8. The zero-order chi connectivity index (χ0) is 11.5. The molecule has 2 rings (SSSR count). The van der Waals surface area contributed by atoms with Gasteiger partial charge in [0.1, 0.15) is 23.3 Å². The summed E-state index contributed by atoms with van der Waals surface area (Å²) in [6.07, 6.45) is 3.25. The molecule has 4 heteroatoms. The molecule has 0 fully saturated rings. The SMILES string of the molecule is CC(=O)C(c1ccc(F)cc1)c1ncc[nH]1. The van der Waals surface area contributed by atoms with Crippen LogP contribution in [0.15, 0.2) is 36.7 Å². The van der Waals surface area contributed by atoms with E-state index in [9.17, 15) is 9.18 Å². The maximum atomic E-state index is 12.8. The molecule has 1 N–H and O–H groups in total. The molecule has 0 bridgehead atoms. The van der Waals surface area contributed by atoms with Gasteiger partial charge >= 0.3 is 0 Å². The number of nitrogens with one attached hydrogen (secondary N) is 1. The minimum atomic E-state index is -0.449. The van der Waals surface area contributed by atoms with Gasteiger partial charge in [-0.05, 0) is 24.6 Å². The highest BCUT2D eigenvalue weighted by molar-refractivity contribution is 5.85. The molecule has 2 aromatic rings. The van der Waals surface area contributed by atoms with Crippen LogP contribution in [-0.2, 0) is 4.79 Å². The van der Waals surface area contributed by atoms with Crippen molar-refractivity contribution in [3.05, 3.63) is 53.9 Å². The average Bonchev–Trinajstić information content (AvgIpc) is 2.74. The van der Waals surface area contributed by atoms with Crippen molar-refractivity contribution >= 4 is 5.78 Å². The molecule has 82 valence electrons. The molecule has 1 atom stereocenters. The van der Waals surface area contributed by atoms with E-state index < -0.39 is 5.92 Å². The van der Waals surface area contributed by atoms with Crippen molar-refractivity contribution in [2.45, 2.75) is 12.8 Å². The third-order valence-corrected chi connectivity index (χ3v) is 2.40. The number of imidazole rings is 1. The minimum Gasteiger partial charge on any atom is -0.348 e. The predicted octanol–water partition coefficient (Wildman–Crippen LogP) is 2.27. The van der Waals surface area contributed by atoms with Crippen molar-refractivity contribution in [2.75, 3.05) is 0 Å². The standard InChI is InChI=1S/C12H11FN2O/c1-8(16)11(12-14-6-7-15-12)9-2-4-10(13)5-3-9/h2-7,11H,1H3,(H,14,15). The summed E-state index contributed by atoms with van der Waals surface area (Å²) >= 11 is 0. The molecule has 0 saturated heterocycles. The van der Waals surface area contributed by atoms with Crippen LogP contribution in [0.3, 0.4) is 0 Å². The number of Topliss-reactive ketones (excluding diaryl/α,β-unsaturated/α-hetero) is 1. The fourth-order valence-corrected chi connectivity index (χ4v) is 1.68. The number of hydrogen-bond donors (Lipinski definition) is 1. The molecule has 1 aromatic carbocycles. The van der Waals surface area contributed by atoms with E-state index in [0.29, 0.717) is 5.82 Å². The van der Waals surface area contributed by atoms with Crippen LogP contribution in [0.2, 0.25) is 0 Å². The Kier molecular flexibility index (Phi) is 2.81. The Balaban J connectivity index is 2.41. The molecule has 1 unspecified atom stereocenters. The van der Waals surface area contributed by atoms with Gasteiger partial charge in [0.05, 0.1) is 0 Å². The van der Waals surface area contributed by atoms with E-state index in [2.05, 4.69) is 9.97 Å². The molecule has 0 spiro atoms. The normalized spacial score (nSPS) is 12.4. The highest BCUT2D eigenvalue weighted by Gasteiger charge is 2.21. The van der Waals surface area contributed by atoms with Crippen LogP contribution in [-0.4, -0.2) is 15.8 Å². The number of halogens is 1. The molecule has 3 nitrogen and oxygen atoms in total. The summed E-state index contributed by atoms with van der Waals surface area (Å²) in [5.41, 5.74) is 0.740. The molecular weight excluding hydrogens is 207 g/mol. The number of H-pyrrole nitrogens is 1. The molecule has 1 aromatic heterocycles. The van der Waals surface area contributed by atoms with Crippen LogP contribution in [0.5, 0.6) is 0 Å². The Morgan fingerprint density at radius 2 is 2.06 bits per heavy atom. The van der Waals surface area contributed by atoms with Crippen LogP contribution >= 0.6 is 0 Å². The summed E-state index contributed by atoms with van der Waals surface area (Å²) in [7, 11) is 0. The molecule has 0 aliphatic heterocycles. The summed E-state index contributed by atoms with van der Waals surface area (Å²) in [4.78, 5) is 18.5. The van der Waals surface area contributed by atoms with Gasteiger partial charge in [-0.25, -0.2) is 9.37 Å². The summed E-state index contributed by atoms with van der Waals surface area (Å²) in [5, 5.41) is 0. The second-order valence-electron chi connectivity index (χ2n) is 3.57. The summed E-state index contributed by atoms with van der Waals surface area (Å²) in [6, 6.07) is 5.89. The molecule has 0 aliphatic carbocycles. The number of carbonyl (C=O) groups is 1. The lowest BCUT2D eigenvalue weighted by atomic mass is 9.95. The molecule has 1 heterocycles. The van der Waals surface area contributed by atoms with Gasteiger partial charge in [0.15, 0.2) is 0 Å². The first-order valence-electron chi connectivity index (χ1n) is 4.93. The quantitative estimate of drug-likeness (QED) is 0.858. The lowest BCUT2D eigenvalue weighted by Gasteiger charge is -2.11. The Morgan fingerprint density at radius 1 is 1.38 bits per heavy atom. The third-order valence-electron chi connectivity index (χ3n) is 2.40. The van der Waals surface area contributed by atoms with Crippen molar-refractivity contribution in [1.82, 2.24) is 9.97 Å². The number of aromatic amines is 1. The van der Waals surface area contributed by atoms with E-state index in [1.807, 2.05) is 0 Å². The van der Waals surface area contributed by atoms with Crippen molar-refractivity contribution in [2.24, 2.45) is 0 Å². The number of aromatic nitrogens is 2. The van der Waals surface area contributed by atoms with Gasteiger partial charge in [0.25, 0.3) is 0 Å². The molecule has 16 heavy (non-hydrogen) atoms. The predicted molar refractivity (Wildman–Crippen MR) is 57.5 cm³/mol. The topological polar surface area (TPSA) is 45.8 Å². The first-order valence-corrected chi connectivity index (χ1v) is 4.93. The van der Waals surface area contributed by atoms with Crippen LogP contribution in [0.4, 0.5) is 4.39 Å². The Labute approximate surface area is 92.3 Å². The lowest BCUT2D eigenvalue weighted by molar-refractivity contribution is -0.117. The van der Waals surface area contributed by atoms with Crippen molar-refractivity contribution in [3.63, 3.8) is 0 Å². The molecular formula is C12H11FN2O. The second kappa shape index (κ2) is 4.26. The Morgan fingerprint density at radius 3 is 2.56 bits per heavy atom. The number of benzene rings is 1. The van der Waals surface area contributed by atoms with Crippen LogP contribution < -0.4 is 0 Å². The third kappa shape index (κ3) is 2.00. The van der Waals surface area contributed by atoms with E-state index in [0.717, 1.165) is 5.56 Å². The van der Waals surface area contributed by atoms with Gasteiger partial charge in [0.2, 0.25) is 0 Å². The number of hydrogen-bond acceptors (Lipinski definition) is 2. The van der Waals surface area contributed by atoms with E-state index >= 15 is 0 Å². The zero-order valence-electron chi connectivity index (χ0n) is 8.77. The van der Waals surface area contributed by atoms with Crippen molar-refractivity contribution in [3.8, 4) is 0 Å². The lowest BCUT2D eigenvalue weighted by Crippen LogP contribution is -2.12. The van der Waals surface area contributed by atoms with Gasteiger partial charge in [0, 0.05) is 12.4 Å². The van der Waals surface area contributed by atoms with Crippen LogP contribution in [0, 0.1) is 5.82 Å². The van der Waals surface area contributed by atoms with E-state index in [1.54, 1.807) is 24.5 Å². The fraction of sp³-hybridized carbons (Fsp3) is 0.167. The number of rotatable bonds is 3. The average molecular weight is 218 g/mol. The van der Waals surface area contributed by atoms with Crippen molar-refractivity contribution in [1.29, 1.82) is 0 Å². The van der Waals surface area contributed by atoms with Gasteiger partial charge in [-0.1, -0.05) is 12.1 Å². The first kappa shape index (κ1) is 10.5. The summed E-state index contributed by atoms with van der Waals surface area (Å²) < 4.78 is 12.8. The first-order chi connectivity index (χ1) is 7.68. The smallest absolute Gasteiger partial charge is 0.144 e. The van der Waals surface area contributed by atoms with E-state index in [1.165, 1.54) is 19.1 Å². The number of ketones is 1. The number of nitrogens with zero attached hydrogens (tertiary/aromatic N) is 1. The monoisotopic (exact) mass is 218 g/mol. The highest BCUT2D eigenvalue weighted by atomic mass is 19.1. The maximum Gasteiger partial charge on any atom is 0.144 e. The molecule has 0 saturated carbocycles. The van der Waals surface area contributed by atoms with Crippen molar-refractivity contribution < 1.29 is 9.18 Å². The fourth-order valence-electron chi connectivity index (χ4n) is 1.68. The molecule has 0 radical (unpaired) electrons. The van der Waals surface area contributed by atoms with Gasteiger partial charge in [-0.2, -0.15) is 0 Å². The highest BCUT2D eigenvalue weighted by Crippen LogP contribution is 2.22. The van der Waals surface area contributed by atoms with Crippen LogP contribution in [0.25, 0.3) is 0 Å². The summed E-state index contributed by atoms with van der Waals surface area (Å²) in [5.74, 6) is -0.207. The van der Waals surface area contributed by atoms with Crippen LogP contribution in [0.1, 0.15) is 24.2 Å².